The van der Waals surface area contributed by atoms with Crippen molar-refractivity contribution in [3.63, 3.8) is 0 Å². The van der Waals surface area contributed by atoms with Gasteiger partial charge in [-0.1, -0.05) is 0 Å². The molecule has 112 valence electrons. The van der Waals surface area contributed by atoms with Crippen molar-refractivity contribution in [3.8, 4) is 11.8 Å². The van der Waals surface area contributed by atoms with Crippen LogP contribution in [0.2, 0.25) is 0 Å². The van der Waals surface area contributed by atoms with Crippen LogP contribution in [-0.2, 0) is 0 Å². The predicted molar refractivity (Wildman–Crippen MR) is 79.4 cm³/mol. The number of carbonyl (C=O) groups is 1. The molecule has 1 saturated heterocycles. The Labute approximate surface area is 124 Å². The molecular weight excluding hydrogens is 268 g/mol. The Kier molecular flexibility index (Phi) is 5.41. The molecule has 0 unspecified atom stereocenters. The molecule has 1 heterocycles. The fraction of sp³-hybridized carbons (Fsp3) is 0.467. The number of ether oxygens (including phenoxy) is 1. The molecule has 0 spiro atoms. The van der Waals surface area contributed by atoms with Crippen LogP contribution in [0.4, 0.5) is 10.5 Å². The summed E-state index contributed by atoms with van der Waals surface area (Å²) in [6.45, 7) is 4.12. The van der Waals surface area contributed by atoms with Gasteiger partial charge in [0.2, 0.25) is 0 Å². The summed E-state index contributed by atoms with van der Waals surface area (Å²) < 4.78 is 5.09. The molecule has 0 atom stereocenters. The normalized spacial score (nSPS) is 15.3. The molecule has 1 aromatic rings. The van der Waals surface area contributed by atoms with Gasteiger partial charge in [0.1, 0.15) is 5.75 Å². The maximum Gasteiger partial charge on any atom is 0.322 e. The van der Waals surface area contributed by atoms with E-state index in [-0.39, 0.29) is 6.03 Å². The first-order valence-corrected chi connectivity index (χ1v) is 7.13. The molecule has 0 bridgehead atoms. The van der Waals surface area contributed by atoms with Crippen molar-refractivity contribution in [3.05, 3.63) is 24.3 Å². The zero-order valence-corrected chi connectivity index (χ0v) is 12.3. The van der Waals surface area contributed by atoms with Gasteiger partial charge in [-0.25, -0.2) is 4.79 Å². The van der Waals surface area contributed by atoms with Crippen molar-refractivity contribution in [1.82, 2.24) is 4.90 Å². The van der Waals surface area contributed by atoms with Crippen molar-refractivity contribution in [1.29, 1.82) is 5.26 Å². The summed E-state index contributed by atoms with van der Waals surface area (Å²) in [5, 5.41) is 11.5. The number of urea groups is 1. The smallest absolute Gasteiger partial charge is 0.322 e. The summed E-state index contributed by atoms with van der Waals surface area (Å²) in [6.07, 6.45) is 0.577. The first-order chi connectivity index (χ1) is 10.2. The van der Waals surface area contributed by atoms with E-state index in [1.54, 1.807) is 7.11 Å². The van der Waals surface area contributed by atoms with E-state index in [2.05, 4.69) is 11.4 Å². The molecule has 6 nitrogen and oxygen atoms in total. The lowest BCUT2D eigenvalue weighted by Crippen LogP contribution is -3.14. The molecule has 0 saturated carbocycles. The lowest BCUT2D eigenvalue weighted by molar-refractivity contribution is -0.903. The number of nitrogens with one attached hydrogen (secondary N) is 2. The highest BCUT2D eigenvalue weighted by Crippen LogP contribution is 2.15. The summed E-state index contributed by atoms with van der Waals surface area (Å²) in [5.41, 5.74) is 0.764. The number of benzene rings is 1. The molecule has 1 aliphatic rings. The summed E-state index contributed by atoms with van der Waals surface area (Å²) >= 11 is 0. The van der Waals surface area contributed by atoms with Crippen molar-refractivity contribution >= 4 is 11.7 Å². The summed E-state index contributed by atoms with van der Waals surface area (Å²) in [7, 11) is 1.61. The number of quaternary nitrogens is 1. The molecular formula is C15H21N4O2+. The van der Waals surface area contributed by atoms with Crippen LogP contribution in [-0.4, -0.2) is 50.8 Å². The van der Waals surface area contributed by atoms with E-state index in [1.807, 2.05) is 29.2 Å². The third kappa shape index (κ3) is 4.36. The number of carbonyl (C=O) groups excluding carboxylic acids is 1. The minimum atomic E-state index is -0.0699. The number of methoxy groups -OCH3 is 1. The van der Waals surface area contributed by atoms with Crippen LogP contribution in [0.25, 0.3) is 0 Å². The largest absolute Gasteiger partial charge is 0.497 e. The third-order valence-electron chi connectivity index (χ3n) is 3.69. The van der Waals surface area contributed by atoms with Gasteiger partial charge in [0.25, 0.3) is 0 Å². The van der Waals surface area contributed by atoms with Gasteiger partial charge < -0.3 is 19.9 Å². The van der Waals surface area contributed by atoms with Crippen LogP contribution in [0.5, 0.6) is 5.75 Å². The molecule has 21 heavy (non-hydrogen) atoms. The van der Waals surface area contributed by atoms with Crippen molar-refractivity contribution < 1.29 is 14.4 Å². The van der Waals surface area contributed by atoms with Gasteiger partial charge in [-0.2, -0.15) is 5.26 Å². The van der Waals surface area contributed by atoms with Crippen molar-refractivity contribution in [2.24, 2.45) is 0 Å². The molecule has 1 fully saturated rings. The zero-order valence-electron chi connectivity index (χ0n) is 12.3. The second kappa shape index (κ2) is 7.50. The maximum atomic E-state index is 12.2. The van der Waals surface area contributed by atoms with Gasteiger partial charge in [0.05, 0.1) is 52.3 Å². The first kappa shape index (κ1) is 15.1. The van der Waals surface area contributed by atoms with Gasteiger partial charge in [-0.3, -0.25) is 0 Å². The molecule has 2 rings (SSSR count). The third-order valence-corrected chi connectivity index (χ3v) is 3.69. The fourth-order valence-electron chi connectivity index (χ4n) is 2.39. The second-order valence-electron chi connectivity index (χ2n) is 5.05. The van der Waals surface area contributed by atoms with Crippen LogP contribution >= 0.6 is 0 Å². The van der Waals surface area contributed by atoms with Crippen LogP contribution in [0, 0.1) is 11.3 Å². The lowest BCUT2D eigenvalue weighted by Gasteiger charge is -2.31. The number of amides is 2. The monoisotopic (exact) mass is 289 g/mol. The molecule has 1 aliphatic heterocycles. The van der Waals surface area contributed by atoms with E-state index >= 15 is 0 Å². The standard InChI is InChI=1S/C15H20N4O2/c1-21-14-5-3-13(4-6-14)17-15(20)19-11-9-18(10-12-19)8-2-7-16/h3-6H,2,8-12H2,1H3,(H,17,20)/p+1. The van der Waals surface area contributed by atoms with Gasteiger partial charge >= 0.3 is 6.03 Å². The second-order valence-corrected chi connectivity index (χ2v) is 5.05. The Morgan fingerprint density at radius 3 is 2.62 bits per heavy atom. The van der Waals surface area contributed by atoms with Gasteiger partial charge in [0.15, 0.2) is 0 Å². The van der Waals surface area contributed by atoms with Gasteiger partial charge in [-0.15, -0.1) is 0 Å². The van der Waals surface area contributed by atoms with Crippen molar-refractivity contribution in [2.75, 3.05) is 45.2 Å². The van der Waals surface area contributed by atoms with E-state index < -0.39 is 0 Å². The van der Waals surface area contributed by atoms with Crippen molar-refractivity contribution in [2.45, 2.75) is 6.42 Å². The van der Waals surface area contributed by atoms with Crippen LogP contribution in [0.3, 0.4) is 0 Å². The number of piperazine rings is 1. The average molecular weight is 289 g/mol. The quantitative estimate of drug-likeness (QED) is 0.840. The average Bonchev–Trinajstić information content (AvgIpc) is 2.54. The SMILES string of the molecule is COc1ccc(NC(=O)N2CC[NH+](CCC#N)CC2)cc1. The highest BCUT2D eigenvalue weighted by atomic mass is 16.5. The topological polar surface area (TPSA) is 69.8 Å². The lowest BCUT2D eigenvalue weighted by atomic mass is 10.3. The highest BCUT2D eigenvalue weighted by molar-refractivity contribution is 5.89. The Morgan fingerprint density at radius 2 is 2.05 bits per heavy atom. The molecule has 2 N–H and O–H groups in total. The Balaban J connectivity index is 1.80. The van der Waals surface area contributed by atoms with E-state index in [1.165, 1.54) is 4.90 Å². The molecule has 6 heteroatoms. The number of nitrogens with zero attached hydrogens (tertiary/aromatic N) is 2. The summed E-state index contributed by atoms with van der Waals surface area (Å²) in [5.74, 6) is 0.766. The minimum Gasteiger partial charge on any atom is -0.497 e. The van der Waals surface area contributed by atoms with E-state index in [0.29, 0.717) is 6.42 Å². The minimum absolute atomic E-state index is 0.0699. The van der Waals surface area contributed by atoms with Gasteiger partial charge in [-0.05, 0) is 24.3 Å². The van der Waals surface area contributed by atoms with Crippen LogP contribution in [0.1, 0.15) is 6.42 Å². The van der Waals surface area contributed by atoms with Crippen LogP contribution < -0.4 is 15.0 Å². The molecule has 1 aromatic carbocycles. The number of anilines is 1. The number of hydrogen-bond acceptors (Lipinski definition) is 3. The Bertz CT molecular complexity index is 501. The van der Waals surface area contributed by atoms with Crippen LogP contribution in [0.15, 0.2) is 24.3 Å². The molecule has 2 amide bonds. The molecule has 0 radical (unpaired) electrons. The number of hydrogen-bond donors (Lipinski definition) is 2. The maximum absolute atomic E-state index is 12.2. The van der Waals surface area contributed by atoms with E-state index in [9.17, 15) is 4.79 Å². The first-order valence-electron chi connectivity index (χ1n) is 7.13. The number of rotatable bonds is 4. The van der Waals surface area contributed by atoms with Gasteiger partial charge in [0, 0.05) is 5.69 Å². The zero-order chi connectivity index (χ0) is 15.1. The highest BCUT2D eigenvalue weighted by Gasteiger charge is 2.23. The summed E-state index contributed by atoms with van der Waals surface area (Å²) in [4.78, 5) is 15.4. The summed E-state index contributed by atoms with van der Waals surface area (Å²) in [6, 6.07) is 9.38. The van der Waals surface area contributed by atoms with E-state index in [0.717, 1.165) is 44.2 Å². The molecule has 0 aliphatic carbocycles. The fourth-order valence-corrected chi connectivity index (χ4v) is 2.39. The number of nitriles is 1. The predicted octanol–water partition coefficient (Wildman–Crippen LogP) is 0.341. The van der Waals surface area contributed by atoms with E-state index in [4.69, 9.17) is 10.00 Å². The Morgan fingerprint density at radius 1 is 1.38 bits per heavy atom. The Hall–Kier alpha value is -2.26. The molecule has 0 aromatic heterocycles.